The molecule has 0 fully saturated rings. The Bertz CT molecular complexity index is 731. The van der Waals surface area contributed by atoms with E-state index in [-0.39, 0.29) is 12.5 Å². The predicted molar refractivity (Wildman–Crippen MR) is 109 cm³/mol. The highest BCUT2D eigenvalue weighted by Crippen LogP contribution is 2.32. The lowest BCUT2D eigenvalue weighted by Gasteiger charge is -2.22. The Labute approximate surface area is 165 Å². The van der Waals surface area contributed by atoms with Crippen molar-refractivity contribution in [3.05, 3.63) is 50.4 Å². The second kappa shape index (κ2) is 8.81. The fraction of sp³-hybridized carbons (Fsp3) is 0.368. The third-order valence-electron chi connectivity index (χ3n) is 4.16. The van der Waals surface area contributed by atoms with Gasteiger partial charge in [-0.2, -0.15) is 5.10 Å². The van der Waals surface area contributed by atoms with Crippen molar-refractivity contribution in [1.82, 2.24) is 5.43 Å². The van der Waals surface area contributed by atoms with Crippen molar-refractivity contribution in [2.75, 3.05) is 6.61 Å². The number of hydrazone groups is 1. The number of aryl methyl sites for hydroxylation is 1. The lowest BCUT2D eigenvalue weighted by Crippen LogP contribution is -2.27. The van der Waals surface area contributed by atoms with Crippen molar-refractivity contribution in [2.24, 2.45) is 11.0 Å². The van der Waals surface area contributed by atoms with Crippen molar-refractivity contribution in [2.45, 2.75) is 33.6 Å². The summed E-state index contributed by atoms with van der Waals surface area (Å²) in [6, 6.07) is 3.82. The van der Waals surface area contributed by atoms with E-state index in [1.807, 2.05) is 32.9 Å². The molecule has 2 rings (SSSR count). The average Bonchev–Trinajstić information content (AvgIpc) is 2.52. The van der Waals surface area contributed by atoms with Gasteiger partial charge in [0.25, 0.3) is 5.91 Å². The zero-order valence-corrected chi connectivity index (χ0v) is 17.8. The van der Waals surface area contributed by atoms with Gasteiger partial charge in [-0.15, -0.1) is 0 Å². The molecule has 1 amide bonds. The number of amides is 1. The first-order valence-corrected chi connectivity index (χ1v) is 9.63. The van der Waals surface area contributed by atoms with Crippen LogP contribution in [-0.4, -0.2) is 18.2 Å². The van der Waals surface area contributed by atoms with Crippen molar-refractivity contribution < 1.29 is 9.53 Å². The maximum absolute atomic E-state index is 12.1. The van der Waals surface area contributed by atoms with E-state index in [0.29, 0.717) is 11.7 Å². The van der Waals surface area contributed by atoms with Crippen LogP contribution in [-0.2, 0) is 4.79 Å². The summed E-state index contributed by atoms with van der Waals surface area (Å²) in [5.41, 5.74) is 6.67. The Morgan fingerprint density at radius 2 is 2.12 bits per heavy atom. The zero-order chi connectivity index (χ0) is 18.6. The standard InChI is InChI=1S/C19H22Br2N2O2/c1-11(2)14-6-5-12(3)17(8-14)22-23-18(24)10-25-19-13(4)7-15(20)9-16(19)21/h5,7,9,14H,1,6,8,10H2,2-4H3,(H,23,24)/b22-17+. The van der Waals surface area contributed by atoms with Crippen LogP contribution in [0.2, 0.25) is 0 Å². The molecule has 1 aliphatic carbocycles. The van der Waals surface area contributed by atoms with E-state index in [1.165, 1.54) is 0 Å². The van der Waals surface area contributed by atoms with Gasteiger partial charge in [-0.25, -0.2) is 5.43 Å². The second-order valence-corrected chi connectivity index (χ2v) is 8.06. The quantitative estimate of drug-likeness (QED) is 0.469. The van der Waals surface area contributed by atoms with Gasteiger partial charge in [-0.3, -0.25) is 4.79 Å². The molecule has 1 aliphatic rings. The van der Waals surface area contributed by atoms with Crippen LogP contribution in [0.15, 0.2) is 50.0 Å². The molecular formula is C19H22Br2N2O2. The molecule has 1 aromatic rings. The first kappa shape index (κ1) is 19.9. The van der Waals surface area contributed by atoms with E-state index in [0.717, 1.165) is 44.2 Å². The number of halogens is 2. The number of hydrogen-bond donors (Lipinski definition) is 1. The molecule has 0 saturated carbocycles. The Hall–Kier alpha value is -1.40. The van der Waals surface area contributed by atoms with Crippen LogP contribution in [0, 0.1) is 12.8 Å². The van der Waals surface area contributed by atoms with Gasteiger partial charge in [0.05, 0.1) is 10.2 Å². The molecule has 0 radical (unpaired) electrons. The molecule has 1 N–H and O–H groups in total. The van der Waals surface area contributed by atoms with Crippen LogP contribution in [0.1, 0.15) is 32.3 Å². The lowest BCUT2D eigenvalue weighted by atomic mass is 9.85. The Morgan fingerprint density at radius 1 is 1.40 bits per heavy atom. The van der Waals surface area contributed by atoms with E-state index >= 15 is 0 Å². The van der Waals surface area contributed by atoms with E-state index in [2.05, 4.69) is 55.0 Å². The number of rotatable bonds is 5. The van der Waals surface area contributed by atoms with Gasteiger partial charge in [0.15, 0.2) is 6.61 Å². The van der Waals surface area contributed by atoms with Gasteiger partial charge in [0.1, 0.15) is 5.75 Å². The maximum atomic E-state index is 12.1. The molecule has 25 heavy (non-hydrogen) atoms. The Morgan fingerprint density at radius 3 is 2.76 bits per heavy atom. The molecule has 1 aromatic carbocycles. The van der Waals surface area contributed by atoms with Gasteiger partial charge in [-0.1, -0.05) is 34.2 Å². The molecule has 0 spiro atoms. The minimum absolute atomic E-state index is 0.0927. The molecule has 134 valence electrons. The molecule has 0 bridgehead atoms. The topological polar surface area (TPSA) is 50.7 Å². The number of nitrogens with zero attached hydrogens (tertiary/aromatic N) is 1. The largest absolute Gasteiger partial charge is 0.482 e. The van der Waals surface area contributed by atoms with Crippen LogP contribution in [0.3, 0.4) is 0 Å². The number of allylic oxidation sites excluding steroid dienone is 3. The molecule has 6 heteroatoms. The fourth-order valence-electron chi connectivity index (χ4n) is 2.60. The first-order chi connectivity index (χ1) is 11.8. The average molecular weight is 470 g/mol. The fourth-order valence-corrected chi connectivity index (χ4v) is 4.15. The van der Waals surface area contributed by atoms with Crippen LogP contribution >= 0.6 is 31.9 Å². The van der Waals surface area contributed by atoms with Gasteiger partial charge < -0.3 is 4.74 Å². The maximum Gasteiger partial charge on any atom is 0.277 e. The Kier molecular flexibility index (Phi) is 7.02. The van der Waals surface area contributed by atoms with E-state index < -0.39 is 0 Å². The molecule has 0 saturated heterocycles. The van der Waals surface area contributed by atoms with Crippen LogP contribution in [0.4, 0.5) is 0 Å². The van der Waals surface area contributed by atoms with E-state index in [4.69, 9.17) is 4.74 Å². The molecule has 0 heterocycles. The number of ether oxygens (including phenoxy) is 1. The predicted octanol–water partition coefficient (Wildman–Crippen LogP) is 5.30. The summed E-state index contributed by atoms with van der Waals surface area (Å²) in [7, 11) is 0. The van der Waals surface area contributed by atoms with Crippen molar-refractivity contribution >= 4 is 43.5 Å². The van der Waals surface area contributed by atoms with Gasteiger partial charge in [0.2, 0.25) is 0 Å². The minimum atomic E-state index is -0.285. The summed E-state index contributed by atoms with van der Waals surface area (Å²) >= 11 is 6.87. The smallest absolute Gasteiger partial charge is 0.277 e. The molecule has 0 aromatic heterocycles. The SMILES string of the molecule is C=C(C)C1CC=C(C)/C(=N/NC(=O)COc2c(C)cc(Br)cc2Br)C1. The third kappa shape index (κ3) is 5.54. The molecule has 4 nitrogen and oxygen atoms in total. The summed E-state index contributed by atoms with van der Waals surface area (Å²) in [5, 5.41) is 4.28. The summed E-state index contributed by atoms with van der Waals surface area (Å²) in [6.07, 6.45) is 3.93. The summed E-state index contributed by atoms with van der Waals surface area (Å²) < 4.78 is 7.38. The normalized spacial score (nSPS) is 18.7. The highest BCUT2D eigenvalue weighted by molar-refractivity contribution is 9.11. The van der Waals surface area contributed by atoms with Crippen LogP contribution < -0.4 is 10.2 Å². The number of carbonyl (C=O) groups is 1. The summed E-state index contributed by atoms with van der Waals surface area (Å²) in [5.74, 6) is 0.756. The molecular weight excluding hydrogens is 448 g/mol. The second-order valence-electron chi connectivity index (χ2n) is 6.29. The van der Waals surface area contributed by atoms with E-state index in [1.54, 1.807) is 0 Å². The Balaban J connectivity index is 1.96. The number of carbonyl (C=O) groups excluding carboxylic acids is 1. The molecule has 0 aliphatic heterocycles. The highest BCUT2D eigenvalue weighted by Gasteiger charge is 2.19. The number of hydrogen-bond acceptors (Lipinski definition) is 3. The minimum Gasteiger partial charge on any atom is -0.482 e. The highest BCUT2D eigenvalue weighted by atomic mass is 79.9. The van der Waals surface area contributed by atoms with E-state index in [9.17, 15) is 4.79 Å². The molecule has 1 atom stereocenters. The van der Waals surface area contributed by atoms with Crippen LogP contribution in [0.25, 0.3) is 0 Å². The first-order valence-electron chi connectivity index (χ1n) is 8.04. The van der Waals surface area contributed by atoms with Gasteiger partial charge in [-0.05, 0) is 78.7 Å². The zero-order valence-electron chi connectivity index (χ0n) is 14.7. The van der Waals surface area contributed by atoms with Crippen molar-refractivity contribution in [1.29, 1.82) is 0 Å². The molecule has 1 unspecified atom stereocenters. The van der Waals surface area contributed by atoms with Crippen molar-refractivity contribution in [3.63, 3.8) is 0 Å². The number of benzene rings is 1. The number of nitrogens with one attached hydrogen (secondary N) is 1. The van der Waals surface area contributed by atoms with Crippen molar-refractivity contribution in [3.8, 4) is 5.75 Å². The lowest BCUT2D eigenvalue weighted by molar-refractivity contribution is -0.123. The van der Waals surface area contributed by atoms with Crippen LogP contribution in [0.5, 0.6) is 5.75 Å². The third-order valence-corrected chi connectivity index (χ3v) is 5.20. The summed E-state index contributed by atoms with van der Waals surface area (Å²) in [6.45, 7) is 9.90. The summed E-state index contributed by atoms with van der Waals surface area (Å²) in [4.78, 5) is 12.1. The monoisotopic (exact) mass is 468 g/mol. The van der Waals surface area contributed by atoms with Gasteiger partial charge >= 0.3 is 0 Å². The van der Waals surface area contributed by atoms with Gasteiger partial charge in [0, 0.05) is 4.47 Å².